The lowest BCUT2D eigenvalue weighted by Gasteiger charge is -2.28. The van der Waals surface area contributed by atoms with Gasteiger partial charge in [0.15, 0.2) is 5.58 Å². The minimum Gasteiger partial charge on any atom is -0.478 e. The second-order valence-electron chi connectivity index (χ2n) is 8.19. The number of aromatic carboxylic acids is 1. The van der Waals surface area contributed by atoms with E-state index in [1.807, 2.05) is 0 Å². The van der Waals surface area contributed by atoms with Gasteiger partial charge in [-0.15, -0.1) is 0 Å². The van der Waals surface area contributed by atoms with Crippen molar-refractivity contribution in [3.8, 4) is 11.5 Å². The van der Waals surface area contributed by atoms with Crippen molar-refractivity contribution in [3.63, 3.8) is 0 Å². The van der Waals surface area contributed by atoms with Gasteiger partial charge >= 0.3 is 17.9 Å². The first-order valence-electron chi connectivity index (χ1n) is 10.5. The Morgan fingerprint density at radius 3 is 2.36 bits per heavy atom. The van der Waals surface area contributed by atoms with Gasteiger partial charge in [-0.3, -0.25) is 4.57 Å². The Labute approximate surface area is 206 Å². The van der Waals surface area contributed by atoms with Crippen molar-refractivity contribution in [2.75, 3.05) is 0 Å². The Kier molecular flexibility index (Phi) is 6.57. The number of aromatic nitrogens is 1. The Balaban J connectivity index is 1.66. The van der Waals surface area contributed by atoms with Gasteiger partial charge in [0.25, 0.3) is 0 Å². The van der Waals surface area contributed by atoms with Crippen LogP contribution in [0.3, 0.4) is 0 Å². The summed E-state index contributed by atoms with van der Waals surface area (Å²) in [7, 11) is 1.40. The van der Waals surface area contributed by atoms with E-state index in [1.165, 1.54) is 56.4 Å². The number of hydrogen-bond acceptors (Lipinski definition) is 4. The third-order valence-electron chi connectivity index (χ3n) is 5.90. The summed E-state index contributed by atoms with van der Waals surface area (Å²) >= 11 is 6.33. The highest BCUT2D eigenvalue weighted by atomic mass is 35.5. The Hall–Kier alpha value is -3.79. The molecule has 11 heteroatoms. The van der Waals surface area contributed by atoms with Gasteiger partial charge in [0.1, 0.15) is 17.3 Å². The number of alkyl halides is 3. The van der Waals surface area contributed by atoms with Gasteiger partial charge < -0.3 is 14.3 Å². The summed E-state index contributed by atoms with van der Waals surface area (Å²) in [4.78, 5) is 22.7. The molecule has 36 heavy (non-hydrogen) atoms. The Morgan fingerprint density at radius 2 is 1.75 bits per heavy atom. The monoisotopic (exact) mass is 523 g/mol. The number of hydrogen-bond donors (Lipinski definition) is 1. The van der Waals surface area contributed by atoms with Crippen molar-refractivity contribution in [3.05, 3.63) is 92.7 Å². The van der Waals surface area contributed by atoms with Crippen LogP contribution < -0.4 is 10.5 Å². The van der Waals surface area contributed by atoms with Crippen molar-refractivity contribution in [2.24, 2.45) is 7.05 Å². The van der Waals surface area contributed by atoms with Crippen LogP contribution in [0.5, 0.6) is 11.5 Å². The van der Waals surface area contributed by atoms with Gasteiger partial charge in [-0.05, 0) is 53.4 Å². The summed E-state index contributed by atoms with van der Waals surface area (Å²) in [6, 6.07) is 11.1. The third kappa shape index (κ3) is 4.81. The largest absolute Gasteiger partial charge is 0.478 e. The van der Waals surface area contributed by atoms with E-state index >= 15 is 0 Å². The SMILES string of the molecule is CC(c1ccc(Oc2ccc(C(=O)O)c(F)c2)cc1Cl)C(c1ccc2oc(=O)n(C)c2c1)C(F)(F)F. The van der Waals surface area contributed by atoms with Gasteiger partial charge in [0, 0.05) is 18.1 Å². The minimum absolute atomic E-state index is 0.00586. The lowest BCUT2D eigenvalue weighted by atomic mass is 9.82. The smallest absolute Gasteiger partial charge is 0.419 e. The van der Waals surface area contributed by atoms with Crippen molar-refractivity contribution in [2.45, 2.75) is 24.9 Å². The first-order chi connectivity index (χ1) is 16.9. The van der Waals surface area contributed by atoms with E-state index in [2.05, 4.69) is 0 Å². The molecule has 2 atom stereocenters. The van der Waals surface area contributed by atoms with E-state index in [4.69, 9.17) is 25.9 Å². The lowest BCUT2D eigenvalue weighted by Crippen LogP contribution is -2.26. The summed E-state index contributed by atoms with van der Waals surface area (Å²) in [6.45, 7) is 1.39. The molecular formula is C25H18ClF4NO5. The quantitative estimate of drug-likeness (QED) is 0.279. The molecule has 0 aliphatic heterocycles. The molecule has 0 amide bonds. The molecule has 0 radical (unpaired) electrons. The molecule has 0 saturated heterocycles. The molecule has 188 valence electrons. The van der Waals surface area contributed by atoms with E-state index in [-0.39, 0.29) is 38.7 Å². The first-order valence-corrected chi connectivity index (χ1v) is 10.9. The second kappa shape index (κ2) is 9.34. The lowest BCUT2D eigenvalue weighted by molar-refractivity contribution is -0.154. The molecule has 4 rings (SSSR count). The molecule has 1 heterocycles. The zero-order valence-corrected chi connectivity index (χ0v) is 19.5. The van der Waals surface area contributed by atoms with E-state index in [0.717, 1.165) is 16.7 Å². The predicted molar refractivity (Wildman–Crippen MR) is 124 cm³/mol. The molecule has 0 spiro atoms. The van der Waals surface area contributed by atoms with Crippen LogP contribution in [0.4, 0.5) is 17.6 Å². The normalized spacial score (nSPS) is 13.5. The standard InChI is InChI=1S/C25H18ClF4NO5/c1-12(22(25(28,29)30)13-3-8-21-20(9-13)31(2)24(34)36-21)16-6-4-14(10-18(16)26)35-15-5-7-17(23(32)33)19(27)11-15/h3-12,22H,1-2H3,(H,32,33). The molecule has 3 aromatic carbocycles. The maximum Gasteiger partial charge on any atom is 0.419 e. The van der Waals surface area contributed by atoms with Crippen LogP contribution in [-0.2, 0) is 7.05 Å². The summed E-state index contributed by atoms with van der Waals surface area (Å²) < 4.78 is 68.3. The van der Waals surface area contributed by atoms with Crippen LogP contribution in [0.15, 0.2) is 63.8 Å². The van der Waals surface area contributed by atoms with Gasteiger partial charge in [0.2, 0.25) is 0 Å². The van der Waals surface area contributed by atoms with Crippen LogP contribution in [0, 0.1) is 5.82 Å². The molecule has 4 aromatic rings. The highest BCUT2D eigenvalue weighted by molar-refractivity contribution is 6.31. The number of carboxylic acid groups (broad SMARTS) is 1. The number of benzene rings is 3. The van der Waals surface area contributed by atoms with E-state index in [9.17, 15) is 27.2 Å². The highest BCUT2D eigenvalue weighted by Crippen LogP contribution is 2.47. The summed E-state index contributed by atoms with van der Waals surface area (Å²) in [5.41, 5.74) is 0.00256. The van der Waals surface area contributed by atoms with Crippen LogP contribution >= 0.6 is 11.6 Å². The molecule has 1 N–H and O–H groups in total. The number of halogens is 5. The van der Waals surface area contributed by atoms with Crippen molar-refractivity contribution >= 4 is 28.7 Å². The zero-order chi connectivity index (χ0) is 26.4. The topological polar surface area (TPSA) is 81.7 Å². The number of ether oxygens (including phenoxy) is 1. The number of carboxylic acids is 1. The van der Waals surface area contributed by atoms with Crippen LogP contribution in [0.1, 0.15) is 40.2 Å². The predicted octanol–water partition coefficient (Wildman–Crippen LogP) is 6.86. The van der Waals surface area contributed by atoms with Crippen LogP contribution in [0.2, 0.25) is 5.02 Å². The summed E-state index contributed by atoms with van der Waals surface area (Å²) in [5, 5.41) is 8.91. The molecule has 2 unspecified atom stereocenters. The van der Waals surface area contributed by atoms with Crippen LogP contribution in [-0.4, -0.2) is 21.8 Å². The van der Waals surface area contributed by atoms with Crippen molar-refractivity contribution in [1.82, 2.24) is 4.57 Å². The van der Waals surface area contributed by atoms with Gasteiger partial charge in [-0.1, -0.05) is 30.7 Å². The van der Waals surface area contributed by atoms with Gasteiger partial charge in [-0.2, -0.15) is 13.2 Å². The summed E-state index contributed by atoms with van der Waals surface area (Å²) in [5.74, 6) is -6.09. The van der Waals surface area contributed by atoms with Crippen molar-refractivity contribution in [1.29, 1.82) is 0 Å². The molecular weight excluding hydrogens is 506 g/mol. The average molecular weight is 524 g/mol. The Morgan fingerprint density at radius 1 is 1.08 bits per heavy atom. The van der Waals surface area contributed by atoms with E-state index in [0.29, 0.717) is 0 Å². The minimum atomic E-state index is -4.64. The zero-order valence-electron chi connectivity index (χ0n) is 18.8. The molecule has 0 aliphatic carbocycles. The Bertz CT molecular complexity index is 1530. The third-order valence-corrected chi connectivity index (χ3v) is 6.22. The van der Waals surface area contributed by atoms with Crippen molar-refractivity contribution < 1.29 is 36.6 Å². The molecule has 0 bridgehead atoms. The van der Waals surface area contributed by atoms with Gasteiger partial charge in [0.05, 0.1) is 17.0 Å². The average Bonchev–Trinajstić information content (AvgIpc) is 3.06. The molecule has 1 aromatic heterocycles. The van der Waals surface area contributed by atoms with E-state index in [1.54, 1.807) is 0 Å². The fourth-order valence-corrected chi connectivity index (χ4v) is 4.43. The van der Waals surface area contributed by atoms with E-state index < -0.39 is 41.1 Å². The van der Waals surface area contributed by atoms with Gasteiger partial charge in [-0.25, -0.2) is 14.0 Å². The number of oxazole rings is 1. The van der Waals surface area contributed by atoms with Crippen LogP contribution in [0.25, 0.3) is 11.1 Å². The molecule has 0 saturated carbocycles. The number of carbonyl (C=O) groups is 1. The maximum atomic E-state index is 14.2. The number of nitrogens with zero attached hydrogens (tertiary/aromatic N) is 1. The maximum absolute atomic E-state index is 14.2. The number of aryl methyl sites for hydroxylation is 1. The number of fused-ring (bicyclic) bond motifs is 1. The molecule has 6 nitrogen and oxygen atoms in total. The molecule has 0 aliphatic rings. The highest BCUT2D eigenvalue weighted by Gasteiger charge is 2.45. The second-order valence-corrected chi connectivity index (χ2v) is 8.60. The fraction of sp³-hybridized carbons (Fsp3) is 0.200. The summed E-state index contributed by atoms with van der Waals surface area (Å²) in [6.07, 6.45) is -4.64. The first kappa shape index (κ1) is 25.3. The fourth-order valence-electron chi connectivity index (χ4n) is 4.09. The number of rotatable bonds is 6. The molecule has 0 fully saturated rings.